The van der Waals surface area contributed by atoms with Gasteiger partial charge >= 0.3 is 17.1 Å². The van der Waals surface area contributed by atoms with E-state index in [2.05, 4.69) is 9.98 Å². The first kappa shape index (κ1) is 51.7. The van der Waals surface area contributed by atoms with Crippen LogP contribution in [0.2, 0.25) is 0 Å². The summed E-state index contributed by atoms with van der Waals surface area (Å²) in [6, 6.07) is 22.4. The van der Waals surface area contributed by atoms with Gasteiger partial charge in [-0.1, -0.05) is 36.4 Å². The van der Waals surface area contributed by atoms with E-state index < -0.39 is 0 Å². The Morgan fingerprint density at radius 1 is 0.467 bits per heavy atom. The first-order valence-electron chi connectivity index (χ1n) is 19.1. The van der Waals surface area contributed by atoms with Gasteiger partial charge in [0.1, 0.15) is 24.7 Å². The zero-order valence-electron chi connectivity index (χ0n) is 34.6. The molecule has 60 heavy (non-hydrogen) atoms. The molecule has 0 aliphatic rings. The fourth-order valence-electron chi connectivity index (χ4n) is 5.53. The maximum atomic E-state index is 10.9. The molecule has 4 aromatic rings. The fraction of sp³-hybridized carbons (Fsp3) is 0.409. The minimum Gasteiger partial charge on any atom is -1.00 e. The molecule has 0 spiro atoms. The number of phenolic OH excluding ortho intramolecular Hbond substituents is 2. The fourth-order valence-corrected chi connectivity index (χ4v) is 5.53. The molecule has 2 N–H and O–H groups in total. The molecule has 0 aliphatic carbocycles. The van der Waals surface area contributed by atoms with Gasteiger partial charge in [0.2, 0.25) is 0 Å². The Kier molecular flexibility index (Phi) is 26.4. The van der Waals surface area contributed by atoms with Gasteiger partial charge in [-0.25, -0.2) is 0 Å². The summed E-state index contributed by atoms with van der Waals surface area (Å²) in [4.78, 5) is 9.04. The molecule has 1 radical (unpaired) electrons. The van der Waals surface area contributed by atoms with Crippen LogP contribution in [0.4, 0.5) is 0 Å². The Morgan fingerprint density at radius 2 is 0.817 bits per heavy atom. The van der Waals surface area contributed by atoms with Crippen LogP contribution in [-0.4, -0.2) is 143 Å². The van der Waals surface area contributed by atoms with E-state index in [0.717, 1.165) is 22.3 Å². The summed E-state index contributed by atoms with van der Waals surface area (Å²) < 4.78 is 55.1. The van der Waals surface area contributed by atoms with Crippen molar-refractivity contribution in [2.75, 3.05) is 121 Å². The summed E-state index contributed by atoms with van der Waals surface area (Å²) in [5.74, 6) is 1.85. The molecule has 0 aromatic heterocycles. The molecule has 0 saturated carbocycles. The van der Waals surface area contributed by atoms with Gasteiger partial charge in [-0.05, 0) is 47.5 Å². The predicted molar refractivity (Wildman–Crippen MR) is 223 cm³/mol. The minimum atomic E-state index is -0.0352. The molecule has 14 nitrogen and oxygen atoms in total. The number of aliphatic imine (C=N–C) groups is 2. The first-order valence-corrected chi connectivity index (χ1v) is 19.1. The third-order valence-corrected chi connectivity index (χ3v) is 8.44. The maximum Gasteiger partial charge on any atom is 2.00 e. The van der Waals surface area contributed by atoms with Crippen LogP contribution in [0.25, 0.3) is 22.3 Å². The Bertz CT molecular complexity index is 1730. The van der Waals surface area contributed by atoms with Gasteiger partial charge in [0.15, 0.2) is 23.0 Å². The van der Waals surface area contributed by atoms with Crippen molar-refractivity contribution >= 4 is 12.4 Å². The van der Waals surface area contributed by atoms with E-state index in [0.29, 0.717) is 126 Å². The number of benzene rings is 4. The van der Waals surface area contributed by atoms with E-state index >= 15 is 0 Å². The molecule has 4 aromatic carbocycles. The van der Waals surface area contributed by atoms with Crippen molar-refractivity contribution in [1.29, 1.82) is 0 Å². The Hall–Kier alpha value is -4.41. The van der Waals surface area contributed by atoms with Crippen molar-refractivity contribution in [2.24, 2.45) is 9.98 Å². The molecular formula is C44H56ClMnN2O12+. The summed E-state index contributed by atoms with van der Waals surface area (Å²) in [7, 11) is 6.26. The van der Waals surface area contributed by atoms with Crippen molar-refractivity contribution in [2.45, 2.75) is 0 Å². The van der Waals surface area contributed by atoms with Crippen LogP contribution >= 0.6 is 0 Å². The van der Waals surface area contributed by atoms with Gasteiger partial charge in [-0.15, -0.1) is 0 Å². The van der Waals surface area contributed by atoms with Crippen molar-refractivity contribution in [3.8, 4) is 56.8 Å². The third kappa shape index (κ3) is 17.3. The first-order chi connectivity index (χ1) is 28.5. The second-order valence-corrected chi connectivity index (χ2v) is 12.4. The summed E-state index contributed by atoms with van der Waals surface area (Å²) >= 11 is 0. The minimum absolute atomic E-state index is 0. The number of hydrogen-bond acceptors (Lipinski definition) is 14. The van der Waals surface area contributed by atoms with E-state index in [-0.39, 0.29) is 41.0 Å². The average Bonchev–Trinajstić information content (AvgIpc) is 3.25. The van der Waals surface area contributed by atoms with Crippen molar-refractivity contribution < 1.29 is 87.1 Å². The number of halogens is 1. The molecule has 0 heterocycles. The quantitative estimate of drug-likeness (QED) is 0.0468. The number of aromatic hydroxyl groups is 2. The van der Waals surface area contributed by atoms with Crippen molar-refractivity contribution in [1.82, 2.24) is 0 Å². The molecule has 0 aliphatic heterocycles. The summed E-state index contributed by atoms with van der Waals surface area (Å²) in [5, 5.41) is 21.9. The van der Waals surface area contributed by atoms with Gasteiger partial charge < -0.3 is 70.0 Å². The summed E-state index contributed by atoms with van der Waals surface area (Å²) in [6.45, 7) is 6.13. The van der Waals surface area contributed by atoms with Crippen molar-refractivity contribution in [3.63, 3.8) is 0 Å². The third-order valence-electron chi connectivity index (χ3n) is 8.44. The van der Waals surface area contributed by atoms with E-state index in [9.17, 15) is 10.2 Å². The number of methoxy groups -OCH3 is 4. The van der Waals surface area contributed by atoms with Crippen LogP contribution in [0.15, 0.2) is 82.8 Å². The van der Waals surface area contributed by atoms with E-state index in [1.807, 2.05) is 60.7 Å². The number of para-hydroxylation sites is 2. The zero-order valence-corrected chi connectivity index (χ0v) is 36.5. The van der Waals surface area contributed by atoms with Crippen LogP contribution in [0, 0.1) is 0 Å². The van der Waals surface area contributed by atoms with Crippen LogP contribution < -0.4 is 31.4 Å². The number of hydrogen-bond donors (Lipinski definition) is 2. The normalized spacial score (nSPS) is 11.1. The SMILES string of the molecule is COCCOCCOCCOc1ccccc1-c1cc(C=NCCN=Cc2cc(-c3ccccc3OCCOCCOCCOC)cc(OC)c2O)c(O)c(OC)c1.[Cl-].[Mn+2]. The summed E-state index contributed by atoms with van der Waals surface area (Å²) in [6.07, 6.45) is 3.17. The Morgan fingerprint density at radius 3 is 1.18 bits per heavy atom. The molecular weight excluding hydrogens is 839 g/mol. The second kappa shape index (κ2) is 30.6. The molecule has 0 atom stereocenters. The average molecular weight is 895 g/mol. The number of nitrogens with zero attached hydrogens (tertiary/aromatic N) is 2. The predicted octanol–water partition coefficient (Wildman–Crippen LogP) is 3.11. The smallest absolute Gasteiger partial charge is 1.00 e. The number of phenols is 2. The molecule has 4 rings (SSSR count). The van der Waals surface area contributed by atoms with E-state index in [4.69, 9.17) is 47.4 Å². The molecule has 0 fully saturated rings. The van der Waals surface area contributed by atoms with Crippen molar-refractivity contribution in [3.05, 3.63) is 83.9 Å². The zero-order chi connectivity index (χ0) is 41.2. The van der Waals surface area contributed by atoms with Gasteiger partial charge in [0.25, 0.3) is 0 Å². The van der Waals surface area contributed by atoms with Gasteiger partial charge in [0, 0.05) is 48.9 Å². The molecule has 0 bridgehead atoms. The summed E-state index contributed by atoms with van der Waals surface area (Å²) in [5.41, 5.74) is 4.14. The topological polar surface area (TPSA) is 157 Å². The molecule has 0 unspecified atom stereocenters. The van der Waals surface area contributed by atoms with Crippen LogP contribution in [0.1, 0.15) is 11.1 Å². The molecule has 327 valence electrons. The maximum absolute atomic E-state index is 10.9. The molecule has 16 heteroatoms. The van der Waals surface area contributed by atoms with Crippen LogP contribution in [0.5, 0.6) is 34.5 Å². The Balaban J connectivity index is 0.00000620. The van der Waals surface area contributed by atoms with Gasteiger partial charge in [-0.3, -0.25) is 9.98 Å². The van der Waals surface area contributed by atoms with Gasteiger partial charge in [0.05, 0.1) is 93.4 Å². The van der Waals surface area contributed by atoms with Crippen LogP contribution in [-0.2, 0) is 45.5 Å². The standard InChI is InChI=1S/C44H56N2O12.ClH.Mn/c1-49-15-17-53-19-21-55-23-25-57-39-11-7-5-9-37(39)33-27-35(43(47)41(29-33)51-3)31-45-13-14-46-32-36-28-34(30-42(52-4)44(36)48)38-10-6-8-12-40(38)58-26-24-56-22-20-54-18-16-50-2;;/h5-12,27-32,47-48H,13-26H2,1-4H3;1H;/q;;+2/p-1. The van der Waals surface area contributed by atoms with E-state index in [1.54, 1.807) is 38.8 Å². The molecule has 0 saturated heterocycles. The van der Waals surface area contributed by atoms with Crippen LogP contribution in [0.3, 0.4) is 0 Å². The number of ether oxygens (including phenoxy) is 10. The number of rotatable bonds is 29. The molecule has 0 amide bonds. The van der Waals surface area contributed by atoms with Gasteiger partial charge in [-0.2, -0.15) is 0 Å². The second-order valence-electron chi connectivity index (χ2n) is 12.4. The Labute approximate surface area is 369 Å². The van der Waals surface area contributed by atoms with E-state index in [1.165, 1.54) is 14.2 Å². The monoisotopic (exact) mass is 894 g/mol. The largest absolute Gasteiger partial charge is 2.00 e.